The van der Waals surface area contributed by atoms with Crippen molar-refractivity contribution >= 4 is 0 Å². The molecule has 0 radical (unpaired) electrons. The fraction of sp³-hybridized carbons (Fsp3) is 0.745. The van der Waals surface area contributed by atoms with Crippen molar-refractivity contribution in [2.75, 3.05) is 14.1 Å². The van der Waals surface area contributed by atoms with Crippen molar-refractivity contribution in [2.24, 2.45) is 0 Å². The number of unbranched alkanes of at least 4 members (excludes halogenated alkanes) is 20. The molecule has 3 heteroatoms. The van der Waals surface area contributed by atoms with Gasteiger partial charge >= 0.3 is 0 Å². The van der Waals surface area contributed by atoms with Gasteiger partial charge in [0, 0.05) is 24.9 Å². The second kappa shape index (κ2) is 28.9. The summed E-state index contributed by atoms with van der Waals surface area (Å²) in [5.74, 6) is -1.03. The lowest BCUT2D eigenvalue weighted by molar-refractivity contribution is -0.518. The van der Waals surface area contributed by atoms with Crippen molar-refractivity contribution in [3.05, 3.63) is 71.8 Å². The maximum absolute atomic E-state index is 6.81. The molecule has 0 atom stereocenters. The van der Waals surface area contributed by atoms with Crippen LogP contribution >= 0.6 is 0 Å². The second-order valence-corrected chi connectivity index (χ2v) is 15.7. The van der Waals surface area contributed by atoms with Gasteiger partial charge in [0.2, 0.25) is 0 Å². The van der Waals surface area contributed by atoms with E-state index in [9.17, 15) is 0 Å². The number of hydrogen-bond acceptors (Lipinski definition) is 3. The van der Waals surface area contributed by atoms with E-state index in [1.54, 1.807) is 0 Å². The smallest absolute Gasteiger partial charge is 0.198 e. The van der Waals surface area contributed by atoms with Gasteiger partial charge in [-0.2, -0.15) is 0 Å². The molecule has 0 spiro atoms. The Morgan fingerprint density at radius 2 is 0.880 bits per heavy atom. The van der Waals surface area contributed by atoms with Crippen molar-refractivity contribution in [1.29, 1.82) is 0 Å². The lowest BCUT2D eigenvalue weighted by Crippen LogP contribution is -2.59. The molecule has 1 aliphatic rings. The van der Waals surface area contributed by atoms with E-state index < -0.39 is 11.6 Å². The van der Waals surface area contributed by atoms with E-state index in [2.05, 4.69) is 100 Å². The van der Waals surface area contributed by atoms with Crippen LogP contribution in [0.5, 0.6) is 0 Å². The zero-order valence-corrected chi connectivity index (χ0v) is 33.8. The van der Waals surface area contributed by atoms with Gasteiger partial charge in [0.25, 0.3) is 0 Å². The first-order chi connectivity index (χ1) is 24.4. The summed E-state index contributed by atoms with van der Waals surface area (Å²) in [6, 6.07) is 8.85. The number of benzene rings is 1. The summed E-state index contributed by atoms with van der Waals surface area (Å²) in [5, 5.41) is 0. The molecule has 3 nitrogen and oxygen atoms in total. The molecule has 50 heavy (non-hydrogen) atoms. The summed E-state index contributed by atoms with van der Waals surface area (Å²) in [4.78, 5) is 2.21. The lowest BCUT2D eigenvalue weighted by Gasteiger charge is -2.55. The van der Waals surface area contributed by atoms with E-state index in [1.807, 2.05) is 0 Å². The quantitative estimate of drug-likeness (QED) is 0.0541. The van der Waals surface area contributed by atoms with Crippen LogP contribution in [0.4, 0.5) is 0 Å². The molecule has 0 unspecified atom stereocenters. The predicted octanol–water partition coefficient (Wildman–Crippen LogP) is 14.9. The molecule has 286 valence electrons. The molecular weight excluding hydrogens is 611 g/mol. The average Bonchev–Trinajstić information content (AvgIpc) is 3.09. The van der Waals surface area contributed by atoms with Crippen molar-refractivity contribution in [3.63, 3.8) is 0 Å². The number of allylic oxidation sites excluding steroid dienone is 6. The van der Waals surface area contributed by atoms with E-state index in [0.29, 0.717) is 0 Å². The van der Waals surface area contributed by atoms with Gasteiger partial charge in [-0.25, -0.2) is 0 Å². The predicted molar refractivity (Wildman–Crippen MR) is 220 cm³/mol. The number of hydrogen-bond donors (Lipinski definition) is 0. The molecule has 2 rings (SSSR count). The normalized spacial score (nSPS) is 19.5. The maximum atomic E-state index is 6.81. The van der Waals surface area contributed by atoms with Crippen LogP contribution in [0.3, 0.4) is 0 Å². The Balaban J connectivity index is 1.65. The van der Waals surface area contributed by atoms with Crippen molar-refractivity contribution in [2.45, 2.75) is 212 Å². The first-order valence-electron chi connectivity index (χ1n) is 21.5. The summed E-state index contributed by atoms with van der Waals surface area (Å²) in [7, 11) is 4.23. The van der Waals surface area contributed by atoms with Gasteiger partial charge < -0.3 is 14.4 Å². The highest BCUT2D eigenvalue weighted by Crippen LogP contribution is 2.50. The highest BCUT2D eigenvalue weighted by Gasteiger charge is 2.54. The zero-order chi connectivity index (χ0) is 36.0. The van der Waals surface area contributed by atoms with Gasteiger partial charge in [0.05, 0.1) is 0 Å². The molecule has 0 N–H and O–H groups in total. The Morgan fingerprint density at radius 3 is 1.30 bits per heavy atom. The number of ether oxygens (including phenoxy) is 2. The van der Waals surface area contributed by atoms with Crippen molar-refractivity contribution in [1.82, 2.24) is 4.90 Å². The first-order valence-corrected chi connectivity index (χ1v) is 21.5. The molecule has 1 heterocycles. The average molecular weight is 692 g/mol. The minimum absolute atomic E-state index is 0.406. The van der Waals surface area contributed by atoms with Crippen LogP contribution in [0.15, 0.2) is 60.7 Å². The summed E-state index contributed by atoms with van der Waals surface area (Å²) in [6.07, 6.45) is 48.9. The molecule has 0 amide bonds. The summed E-state index contributed by atoms with van der Waals surface area (Å²) < 4.78 is 13.6. The van der Waals surface area contributed by atoms with E-state index in [4.69, 9.17) is 9.47 Å². The van der Waals surface area contributed by atoms with Gasteiger partial charge in [-0.3, -0.25) is 0 Å². The highest BCUT2D eigenvalue weighted by molar-refractivity contribution is 5.27. The molecular formula is C47H81NO2. The Bertz CT molecular complexity index is 1000. The molecule has 0 saturated carbocycles. The van der Waals surface area contributed by atoms with Gasteiger partial charge in [-0.15, -0.1) is 0 Å². The molecule has 0 aliphatic carbocycles. The largest absolute Gasteiger partial charge is 0.314 e. The van der Waals surface area contributed by atoms with E-state index >= 15 is 0 Å². The van der Waals surface area contributed by atoms with Gasteiger partial charge in [0.1, 0.15) is 0 Å². The van der Waals surface area contributed by atoms with Crippen LogP contribution in [0.25, 0.3) is 0 Å². The van der Waals surface area contributed by atoms with Crippen molar-refractivity contribution in [3.8, 4) is 0 Å². The van der Waals surface area contributed by atoms with E-state index in [0.717, 1.165) is 31.4 Å². The van der Waals surface area contributed by atoms with Gasteiger partial charge in [0.15, 0.2) is 11.6 Å². The summed E-state index contributed by atoms with van der Waals surface area (Å²) in [5.41, 5.74) is 2.46. The molecule has 1 saturated heterocycles. The van der Waals surface area contributed by atoms with Crippen LogP contribution in [-0.2, 0) is 21.8 Å². The minimum Gasteiger partial charge on any atom is -0.314 e. The SMILES string of the molecule is CCCCC/C=C\C/C=C\CCCCCCCCC1(CCCCCCCCCC/C=C\CCCCC)OC(C)(c2ccc(CN(C)C)cc2)O1. The maximum Gasteiger partial charge on any atom is 0.198 e. The summed E-state index contributed by atoms with van der Waals surface area (Å²) in [6.45, 7) is 7.62. The molecule has 1 aliphatic heterocycles. The Labute approximate surface area is 311 Å². The van der Waals surface area contributed by atoms with Gasteiger partial charge in [-0.05, 0) is 97.2 Å². The van der Waals surface area contributed by atoms with Crippen LogP contribution in [0, 0.1) is 0 Å². The second-order valence-electron chi connectivity index (χ2n) is 15.7. The van der Waals surface area contributed by atoms with Crippen molar-refractivity contribution < 1.29 is 9.47 Å². The zero-order valence-electron chi connectivity index (χ0n) is 33.8. The van der Waals surface area contributed by atoms with E-state index in [1.165, 1.54) is 160 Å². The Hall–Kier alpha value is -1.68. The summed E-state index contributed by atoms with van der Waals surface area (Å²) >= 11 is 0. The topological polar surface area (TPSA) is 21.7 Å². The fourth-order valence-electron chi connectivity index (χ4n) is 7.29. The third kappa shape index (κ3) is 21.0. The Morgan fingerprint density at radius 1 is 0.500 bits per heavy atom. The van der Waals surface area contributed by atoms with Crippen LogP contribution in [0.1, 0.15) is 205 Å². The number of nitrogens with zero attached hydrogens (tertiary/aromatic N) is 1. The standard InChI is InChI=1S/C47H81NO2/c1-6-8-10-12-14-16-18-20-22-24-26-28-30-32-34-36-42-47(49-46(3,50-47)45-39-37-44(38-40-45)43-48(4)5)41-35-33-31-29-27-25-23-21-19-17-15-13-11-9-7-2/h14-17,20,22,37-40H,6-13,18-19,21,23-36,41-43H2,1-5H3/b16-14-,17-15-,22-20-. The van der Waals surface area contributed by atoms with Crippen LogP contribution in [-0.4, -0.2) is 24.8 Å². The lowest BCUT2D eigenvalue weighted by atomic mass is 9.93. The number of rotatable bonds is 33. The van der Waals surface area contributed by atoms with E-state index in [-0.39, 0.29) is 0 Å². The molecule has 1 aromatic carbocycles. The molecule has 0 aromatic heterocycles. The third-order valence-electron chi connectivity index (χ3n) is 10.3. The first kappa shape index (κ1) is 44.5. The molecule has 0 bridgehead atoms. The van der Waals surface area contributed by atoms with Crippen LogP contribution in [0.2, 0.25) is 0 Å². The van der Waals surface area contributed by atoms with Crippen LogP contribution < -0.4 is 0 Å². The molecule has 1 fully saturated rings. The monoisotopic (exact) mass is 692 g/mol. The van der Waals surface area contributed by atoms with Gasteiger partial charge in [-0.1, -0.05) is 164 Å². The fourth-order valence-corrected chi connectivity index (χ4v) is 7.29. The Kier molecular flexibility index (Phi) is 25.7. The highest BCUT2D eigenvalue weighted by atomic mass is 16.9. The molecule has 1 aromatic rings. The minimum atomic E-state index is -0.625. The third-order valence-corrected chi connectivity index (χ3v) is 10.3.